The van der Waals surface area contributed by atoms with Crippen LogP contribution in [-0.2, 0) is 14.3 Å². The molecule has 148 valence electrons. The van der Waals surface area contributed by atoms with Crippen molar-refractivity contribution >= 4 is 40.9 Å². The summed E-state index contributed by atoms with van der Waals surface area (Å²) in [5, 5.41) is 13.6. The molecule has 0 fully saturated rings. The van der Waals surface area contributed by atoms with Crippen molar-refractivity contribution in [3.05, 3.63) is 28.8 Å². The third kappa shape index (κ3) is 5.33. The molecule has 1 heterocycles. The van der Waals surface area contributed by atoms with E-state index in [-0.39, 0.29) is 17.9 Å². The van der Waals surface area contributed by atoms with E-state index in [0.717, 1.165) is 11.8 Å². The number of aliphatic hydroxyl groups is 1. The number of thiocarbonyl (C=S) groups is 1. The van der Waals surface area contributed by atoms with Crippen molar-refractivity contribution in [2.24, 2.45) is 0 Å². The Bertz CT molecular complexity index is 724. The number of hydrogen-bond donors (Lipinski definition) is 2. The van der Waals surface area contributed by atoms with E-state index >= 15 is 0 Å². The second kappa shape index (κ2) is 9.91. The van der Waals surface area contributed by atoms with Crippen LogP contribution in [0.3, 0.4) is 0 Å². The van der Waals surface area contributed by atoms with Gasteiger partial charge in [-0.2, -0.15) is 0 Å². The Morgan fingerprint density at radius 3 is 2.81 bits per heavy atom. The van der Waals surface area contributed by atoms with Crippen LogP contribution in [0.1, 0.15) is 39.8 Å². The number of cyclic esters (lactones) is 1. The highest BCUT2D eigenvalue weighted by Crippen LogP contribution is 2.34. The van der Waals surface area contributed by atoms with Crippen molar-refractivity contribution in [2.75, 3.05) is 26.6 Å². The zero-order valence-electron chi connectivity index (χ0n) is 15.4. The van der Waals surface area contributed by atoms with E-state index in [2.05, 4.69) is 5.32 Å². The van der Waals surface area contributed by atoms with E-state index in [0.29, 0.717) is 34.7 Å². The van der Waals surface area contributed by atoms with Gasteiger partial charge in [0, 0.05) is 23.3 Å². The predicted molar refractivity (Wildman–Crippen MR) is 106 cm³/mol. The molecule has 0 spiro atoms. The third-order valence-electron chi connectivity index (χ3n) is 4.16. The molecule has 1 aromatic rings. The zero-order valence-corrected chi connectivity index (χ0v) is 17.1. The fourth-order valence-corrected chi connectivity index (χ4v) is 3.99. The molecule has 9 heteroatoms. The van der Waals surface area contributed by atoms with E-state index in [1.54, 1.807) is 19.1 Å². The number of ether oxygens (including phenoxy) is 3. The van der Waals surface area contributed by atoms with Gasteiger partial charge in [0.25, 0.3) is 0 Å². The summed E-state index contributed by atoms with van der Waals surface area (Å²) in [5.74, 6) is -0.246. The minimum absolute atomic E-state index is 0.170. The Kier molecular flexibility index (Phi) is 7.88. The van der Waals surface area contributed by atoms with E-state index < -0.39 is 23.4 Å². The zero-order chi connectivity index (χ0) is 20.0. The molecule has 2 atom stereocenters. The van der Waals surface area contributed by atoms with Gasteiger partial charge in [0.2, 0.25) is 0 Å². The molecule has 2 N–H and O–H groups in total. The monoisotopic (exact) mass is 413 g/mol. The predicted octanol–water partition coefficient (Wildman–Crippen LogP) is 2.14. The highest BCUT2D eigenvalue weighted by atomic mass is 32.2. The van der Waals surface area contributed by atoms with Crippen LogP contribution in [0.5, 0.6) is 5.75 Å². The maximum atomic E-state index is 12.6. The fourth-order valence-electron chi connectivity index (χ4n) is 2.74. The minimum atomic E-state index is -1.04. The van der Waals surface area contributed by atoms with Crippen LogP contribution in [0.2, 0.25) is 0 Å². The number of aliphatic hydroxyl groups excluding tert-OH is 1. The third-order valence-corrected chi connectivity index (χ3v) is 5.58. The molecule has 2 rings (SSSR count). The molecule has 0 saturated heterocycles. The van der Waals surface area contributed by atoms with Gasteiger partial charge in [-0.25, -0.2) is 9.59 Å². The van der Waals surface area contributed by atoms with Crippen LogP contribution in [0.15, 0.2) is 12.1 Å². The van der Waals surface area contributed by atoms with Gasteiger partial charge < -0.3 is 24.6 Å². The SMILES string of the molecule is COC(=O)C1CS[C@@H](O)c2ccc(OC)c(C)c2C(=O)OCCCC(=S)N1. The number of methoxy groups -OCH3 is 2. The molecule has 0 aliphatic carbocycles. The number of hydrogen-bond acceptors (Lipinski definition) is 8. The molecular formula is C18H23NO6S2. The molecule has 0 bridgehead atoms. The molecule has 0 amide bonds. The maximum absolute atomic E-state index is 12.6. The summed E-state index contributed by atoms with van der Waals surface area (Å²) < 4.78 is 15.4. The second-order valence-electron chi connectivity index (χ2n) is 5.93. The Balaban J connectivity index is 2.38. The highest BCUT2D eigenvalue weighted by molar-refractivity contribution is 7.99. The lowest BCUT2D eigenvalue weighted by Gasteiger charge is -2.21. The summed E-state index contributed by atoms with van der Waals surface area (Å²) in [6.07, 6.45) is 0.979. The summed E-state index contributed by atoms with van der Waals surface area (Å²) in [5.41, 5.74) is 0.237. The molecule has 1 aromatic carbocycles. The topological polar surface area (TPSA) is 94.1 Å². The molecule has 7 nitrogen and oxygen atoms in total. The number of rotatable bonds is 2. The molecule has 1 aliphatic heterocycles. The number of esters is 2. The number of carbonyl (C=O) groups is 2. The summed E-state index contributed by atoms with van der Waals surface area (Å²) in [6.45, 7) is 1.91. The number of thioether (sulfide) groups is 1. The van der Waals surface area contributed by atoms with Crippen LogP contribution >= 0.6 is 24.0 Å². The first-order valence-corrected chi connectivity index (χ1v) is 9.86. The van der Waals surface area contributed by atoms with Crippen LogP contribution in [-0.4, -0.2) is 54.7 Å². The van der Waals surface area contributed by atoms with Crippen LogP contribution in [0.4, 0.5) is 0 Å². The van der Waals surface area contributed by atoms with E-state index in [9.17, 15) is 14.7 Å². The number of nitrogens with one attached hydrogen (secondary N) is 1. The van der Waals surface area contributed by atoms with Gasteiger partial charge in [-0.1, -0.05) is 18.3 Å². The van der Waals surface area contributed by atoms with Crippen molar-refractivity contribution < 1.29 is 28.9 Å². The Morgan fingerprint density at radius 1 is 1.41 bits per heavy atom. The second-order valence-corrected chi connectivity index (χ2v) is 7.53. The summed E-state index contributed by atoms with van der Waals surface area (Å²) in [4.78, 5) is 25.1. The van der Waals surface area contributed by atoms with Crippen LogP contribution in [0, 0.1) is 6.92 Å². The van der Waals surface area contributed by atoms with Gasteiger partial charge in [-0.15, -0.1) is 11.8 Å². The molecule has 1 unspecified atom stereocenters. The molecular weight excluding hydrogens is 390 g/mol. The van der Waals surface area contributed by atoms with Gasteiger partial charge in [0.05, 0.1) is 31.4 Å². The maximum Gasteiger partial charge on any atom is 0.338 e. The van der Waals surface area contributed by atoms with Crippen molar-refractivity contribution in [1.29, 1.82) is 0 Å². The molecule has 0 saturated carbocycles. The van der Waals surface area contributed by atoms with Crippen molar-refractivity contribution in [1.82, 2.24) is 5.32 Å². The van der Waals surface area contributed by atoms with Gasteiger partial charge in [0.15, 0.2) is 0 Å². The molecule has 1 aliphatic rings. The average molecular weight is 414 g/mol. The molecule has 0 aromatic heterocycles. The number of benzene rings is 1. The largest absolute Gasteiger partial charge is 0.496 e. The Labute approximate surface area is 167 Å². The van der Waals surface area contributed by atoms with Gasteiger partial charge >= 0.3 is 11.9 Å². The van der Waals surface area contributed by atoms with Crippen molar-refractivity contribution in [3.63, 3.8) is 0 Å². The van der Waals surface area contributed by atoms with E-state index in [4.69, 9.17) is 26.4 Å². The highest BCUT2D eigenvalue weighted by Gasteiger charge is 2.27. The van der Waals surface area contributed by atoms with Crippen molar-refractivity contribution in [2.45, 2.75) is 31.2 Å². The first kappa shape index (κ1) is 21.5. The standard InChI is InChI=1S/C18H23NO6S2/c1-10-13(23-2)7-6-11-15(10)17(21)25-8-4-5-14(26)19-12(16(20)24-3)9-27-18(11)22/h6-7,12,18,22H,4-5,8-9H2,1-3H3,(H,19,26)/t12?,18-/m1/s1. The van der Waals surface area contributed by atoms with E-state index in [1.807, 2.05) is 0 Å². The lowest BCUT2D eigenvalue weighted by molar-refractivity contribution is -0.142. The molecule has 27 heavy (non-hydrogen) atoms. The normalized spacial score (nSPS) is 21.5. The molecule has 0 radical (unpaired) electrons. The Hall–Kier alpha value is -1.84. The lowest BCUT2D eigenvalue weighted by Crippen LogP contribution is -2.42. The van der Waals surface area contributed by atoms with Crippen LogP contribution in [0.25, 0.3) is 0 Å². The smallest absolute Gasteiger partial charge is 0.338 e. The summed E-state index contributed by atoms with van der Waals surface area (Å²) in [6, 6.07) is 2.63. The summed E-state index contributed by atoms with van der Waals surface area (Å²) in [7, 11) is 2.81. The minimum Gasteiger partial charge on any atom is -0.496 e. The first-order valence-electron chi connectivity index (χ1n) is 8.40. The van der Waals surface area contributed by atoms with Gasteiger partial charge in [-0.3, -0.25) is 0 Å². The lowest BCUT2D eigenvalue weighted by atomic mass is 10.0. The quantitative estimate of drug-likeness (QED) is 0.558. The van der Waals surface area contributed by atoms with E-state index in [1.165, 1.54) is 14.2 Å². The summed E-state index contributed by atoms with van der Waals surface area (Å²) >= 11 is 6.35. The Morgan fingerprint density at radius 2 is 2.15 bits per heavy atom. The van der Waals surface area contributed by atoms with Crippen LogP contribution < -0.4 is 10.1 Å². The number of carbonyl (C=O) groups excluding carboxylic acids is 2. The first-order chi connectivity index (χ1) is 12.9. The average Bonchev–Trinajstić information content (AvgIpc) is 2.67. The van der Waals surface area contributed by atoms with Gasteiger partial charge in [0.1, 0.15) is 17.2 Å². The van der Waals surface area contributed by atoms with Gasteiger partial charge in [-0.05, 0) is 19.4 Å². The fraction of sp³-hybridized carbons (Fsp3) is 0.500. The van der Waals surface area contributed by atoms with Crippen molar-refractivity contribution in [3.8, 4) is 5.75 Å². The number of fused-ring (bicyclic) bond motifs is 1.